The molecule has 4 aromatic carbocycles. The molecule has 1 saturated heterocycles. The first-order chi connectivity index (χ1) is 26.1. The van der Waals surface area contributed by atoms with E-state index in [0.717, 1.165) is 71.0 Å². The van der Waals surface area contributed by atoms with Crippen molar-refractivity contribution in [2.24, 2.45) is 0 Å². The number of amides is 1. The van der Waals surface area contributed by atoms with Gasteiger partial charge in [-0.05, 0) is 86.2 Å². The number of aliphatic hydroxyl groups is 1. The summed E-state index contributed by atoms with van der Waals surface area (Å²) in [5.41, 5.74) is 6.19. The molecule has 54 heavy (non-hydrogen) atoms. The van der Waals surface area contributed by atoms with Gasteiger partial charge in [-0.25, -0.2) is 4.39 Å². The summed E-state index contributed by atoms with van der Waals surface area (Å²) in [4.78, 5) is 13.9. The lowest BCUT2D eigenvalue weighted by atomic mass is 9.92. The maximum atomic E-state index is 15.7. The predicted molar refractivity (Wildman–Crippen MR) is 212 cm³/mol. The minimum absolute atomic E-state index is 0.0399. The number of rotatable bonds is 13. The van der Waals surface area contributed by atoms with E-state index in [1.807, 2.05) is 65.5 Å². The Morgan fingerprint density at radius 1 is 0.963 bits per heavy atom. The van der Waals surface area contributed by atoms with E-state index in [-0.39, 0.29) is 24.6 Å². The van der Waals surface area contributed by atoms with Gasteiger partial charge in [0.05, 0.1) is 43.6 Å². The van der Waals surface area contributed by atoms with E-state index < -0.39 is 5.82 Å². The van der Waals surface area contributed by atoms with Gasteiger partial charge in [0.25, 0.3) is 0 Å². The number of hydrogen-bond donors (Lipinski definition) is 3. The van der Waals surface area contributed by atoms with Gasteiger partial charge < -0.3 is 25.2 Å². The molecule has 0 bridgehead atoms. The highest BCUT2D eigenvalue weighted by Crippen LogP contribution is 2.41. The van der Waals surface area contributed by atoms with Crippen molar-refractivity contribution in [1.29, 1.82) is 0 Å². The van der Waals surface area contributed by atoms with Crippen molar-refractivity contribution in [3.05, 3.63) is 99.4 Å². The number of fused-ring (bicyclic) bond motifs is 1. The number of carbonyl (C=O) groups is 1. The molecule has 0 unspecified atom stereocenters. The van der Waals surface area contributed by atoms with Crippen LogP contribution in [-0.2, 0) is 24.4 Å². The standard InChI is InChI=1S/C42H46Cl2FN5O4/c1-49(29-11-13-30(51)14-12-29)23-27-16-36(43)26(19-39(27)53-2)24-50-38-9-5-7-32(34(38)22-47-50)33-8-4-6-31(42(33)44)25-17-37(45)35(40(18-25)54-3)21-46-20-28-10-15-41(52)48-28/h4-9,16-19,22,28-30,46,51H,10-15,20-21,23-24H2,1-3H3,(H,48,52)/t28-,29-,30-/m0/s1. The van der Waals surface area contributed by atoms with Crippen LogP contribution in [0.4, 0.5) is 4.39 Å². The number of carbonyl (C=O) groups excluding carboxylic acids is 1. The highest BCUT2D eigenvalue weighted by Gasteiger charge is 2.25. The van der Waals surface area contributed by atoms with Crippen LogP contribution in [-0.4, -0.2) is 71.7 Å². The van der Waals surface area contributed by atoms with Crippen molar-refractivity contribution in [2.45, 2.75) is 76.3 Å². The van der Waals surface area contributed by atoms with Crippen LogP contribution in [0.5, 0.6) is 11.5 Å². The molecular weight excluding hydrogens is 728 g/mol. The molecule has 5 aromatic rings. The monoisotopic (exact) mass is 773 g/mol. The molecular formula is C42H46Cl2FN5O4. The predicted octanol–water partition coefficient (Wildman–Crippen LogP) is 7.99. The van der Waals surface area contributed by atoms with Crippen molar-refractivity contribution < 1.29 is 23.8 Å². The number of aromatic nitrogens is 2. The number of aliphatic hydroxyl groups excluding tert-OH is 1. The summed E-state index contributed by atoms with van der Waals surface area (Å²) in [6.07, 6.45) is 6.52. The van der Waals surface area contributed by atoms with Gasteiger partial charge in [-0.2, -0.15) is 5.10 Å². The van der Waals surface area contributed by atoms with Crippen LogP contribution in [0.1, 0.15) is 55.2 Å². The summed E-state index contributed by atoms with van der Waals surface area (Å²) in [5, 5.41) is 22.9. The summed E-state index contributed by atoms with van der Waals surface area (Å²) in [6, 6.07) is 19.5. The van der Waals surface area contributed by atoms with Gasteiger partial charge in [0, 0.05) is 70.8 Å². The van der Waals surface area contributed by atoms with E-state index in [4.69, 9.17) is 37.8 Å². The lowest BCUT2D eigenvalue weighted by molar-refractivity contribution is -0.119. The van der Waals surface area contributed by atoms with Crippen LogP contribution in [0.25, 0.3) is 33.2 Å². The Hall–Kier alpha value is -4.19. The molecule has 1 aromatic heterocycles. The minimum atomic E-state index is -0.405. The Bertz CT molecular complexity index is 2150. The summed E-state index contributed by atoms with van der Waals surface area (Å²) in [7, 11) is 5.32. The van der Waals surface area contributed by atoms with Gasteiger partial charge in [-0.1, -0.05) is 53.5 Å². The Labute approximate surface area is 325 Å². The third-order valence-corrected chi connectivity index (χ3v) is 11.7. The largest absolute Gasteiger partial charge is 0.496 e. The summed E-state index contributed by atoms with van der Waals surface area (Å²) >= 11 is 14.1. The molecule has 1 amide bonds. The first kappa shape index (κ1) is 38.1. The number of methoxy groups -OCH3 is 2. The van der Waals surface area contributed by atoms with Crippen molar-refractivity contribution in [2.75, 3.05) is 27.8 Å². The van der Waals surface area contributed by atoms with Gasteiger partial charge >= 0.3 is 0 Å². The molecule has 1 atom stereocenters. The molecule has 2 heterocycles. The van der Waals surface area contributed by atoms with Crippen LogP contribution < -0.4 is 20.1 Å². The van der Waals surface area contributed by atoms with Crippen molar-refractivity contribution in [3.63, 3.8) is 0 Å². The second-order valence-electron chi connectivity index (χ2n) is 14.4. The number of halogens is 3. The minimum Gasteiger partial charge on any atom is -0.496 e. The highest BCUT2D eigenvalue weighted by atomic mass is 35.5. The van der Waals surface area contributed by atoms with Crippen LogP contribution in [0.3, 0.4) is 0 Å². The van der Waals surface area contributed by atoms with E-state index in [0.29, 0.717) is 64.6 Å². The van der Waals surface area contributed by atoms with E-state index in [9.17, 15) is 9.90 Å². The zero-order valence-corrected chi connectivity index (χ0v) is 32.3. The molecule has 0 radical (unpaired) electrons. The Morgan fingerprint density at radius 2 is 1.70 bits per heavy atom. The van der Waals surface area contributed by atoms with Crippen LogP contribution in [0, 0.1) is 5.82 Å². The number of ether oxygens (including phenoxy) is 2. The fourth-order valence-electron chi connectivity index (χ4n) is 7.88. The normalized spacial score (nSPS) is 18.7. The molecule has 12 heteroatoms. The second-order valence-corrected chi connectivity index (χ2v) is 15.2. The SMILES string of the molecule is COc1cc(Cn2ncc3c(-c4cccc(-c5cc(F)c(CNC[C@@H]6CCC(=O)N6)c(OC)c5)c4Cl)cccc32)c(Cl)cc1CN(C)[C@H]1CC[C@H](O)CC1. The Balaban J connectivity index is 1.12. The molecule has 1 saturated carbocycles. The van der Waals surface area contributed by atoms with Crippen LogP contribution >= 0.6 is 23.2 Å². The van der Waals surface area contributed by atoms with Gasteiger partial charge in [-0.15, -0.1) is 0 Å². The lowest BCUT2D eigenvalue weighted by Crippen LogP contribution is -2.36. The number of nitrogens with zero attached hydrogens (tertiary/aromatic N) is 3. The second kappa shape index (κ2) is 16.7. The third kappa shape index (κ3) is 8.09. The van der Waals surface area contributed by atoms with Crippen molar-refractivity contribution in [1.82, 2.24) is 25.3 Å². The van der Waals surface area contributed by atoms with Gasteiger partial charge in [0.1, 0.15) is 17.3 Å². The maximum Gasteiger partial charge on any atom is 0.220 e. The van der Waals surface area contributed by atoms with E-state index in [1.165, 1.54) is 13.2 Å². The summed E-state index contributed by atoms with van der Waals surface area (Å²) in [5.74, 6) is 0.827. The van der Waals surface area contributed by atoms with Crippen molar-refractivity contribution in [3.8, 4) is 33.8 Å². The lowest BCUT2D eigenvalue weighted by Gasteiger charge is -2.33. The fourth-order valence-corrected chi connectivity index (χ4v) is 8.46. The third-order valence-electron chi connectivity index (χ3n) is 10.9. The van der Waals surface area contributed by atoms with Crippen LogP contribution in [0.2, 0.25) is 10.0 Å². The number of benzene rings is 4. The Morgan fingerprint density at radius 3 is 2.44 bits per heavy atom. The van der Waals surface area contributed by atoms with Crippen LogP contribution in [0.15, 0.2) is 66.9 Å². The molecule has 1 aliphatic heterocycles. The maximum absolute atomic E-state index is 15.7. The molecule has 2 aliphatic rings. The topological polar surface area (TPSA) is 101 Å². The zero-order chi connectivity index (χ0) is 37.9. The molecule has 2 fully saturated rings. The van der Waals surface area contributed by atoms with Gasteiger partial charge in [0.2, 0.25) is 5.91 Å². The average Bonchev–Trinajstić information content (AvgIpc) is 3.78. The van der Waals surface area contributed by atoms with Gasteiger partial charge in [-0.3, -0.25) is 14.4 Å². The first-order valence-electron chi connectivity index (χ1n) is 18.5. The van der Waals surface area contributed by atoms with E-state index in [2.05, 4.69) is 22.6 Å². The number of nitrogens with one attached hydrogen (secondary N) is 2. The zero-order valence-electron chi connectivity index (χ0n) is 30.8. The highest BCUT2D eigenvalue weighted by molar-refractivity contribution is 6.36. The molecule has 9 nitrogen and oxygen atoms in total. The Kier molecular flexibility index (Phi) is 11.8. The summed E-state index contributed by atoms with van der Waals surface area (Å²) < 4.78 is 29.1. The molecule has 0 spiro atoms. The first-order valence-corrected chi connectivity index (χ1v) is 19.2. The van der Waals surface area contributed by atoms with Gasteiger partial charge in [0.15, 0.2) is 0 Å². The van der Waals surface area contributed by atoms with Crippen molar-refractivity contribution >= 4 is 40.0 Å². The van der Waals surface area contributed by atoms with E-state index >= 15 is 4.39 Å². The quantitative estimate of drug-likeness (QED) is 0.112. The molecule has 3 N–H and O–H groups in total. The van der Waals surface area contributed by atoms with E-state index in [1.54, 1.807) is 7.11 Å². The average molecular weight is 775 g/mol. The molecule has 1 aliphatic carbocycles. The fraction of sp³-hybridized carbons (Fsp3) is 0.381. The smallest absolute Gasteiger partial charge is 0.220 e. The molecule has 284 valence electrons. The number of hydrogen-bond acceptors (Lipinski definition) is 7. The molecule has 7 rings (SSSR count). The summed E-state index contributed by atoms with van der Waals surface area (Å²) in [6.45, 7) is 1.93.